The number of carboxylic acid groups (broad SMARTS) is 1. The number of halogens is 2. The van der Waals surface area contributed by atoms with E-state index in [0.717, 1.165) is 14.5 Å². The van der Waals surface area contributed by atoms with E-state index >= 15 is 0 Å². The summed E-state index contributed by atoms with van der Waals surface area (Å²) in [6, 6.07) is 3.81. The molecule has 0 bridgehead atoms. The molecule has 0 saturated carbocycles. The molecule has 20 heavy (non-hydrogen) atoms. The van der Waals surface area contributed by atoms with Gasteiger partial charge in [-0.25, -0.2) is 0 Å². The molecule has 0 radical (unpaired) electrons. The Morgan fingerprint density at radius 2 is 1.70 bits per heavy atom. The van der Waals surface area contributed by atoms with Crippen molar-refractivity contribution in [1.29, 1.82) is 0 Å². The van der Waals surface area contributed by atoms with Crippen molar-refractivity contribution in [2.75, 3.05) is 5.32 Å². The van der Waals surface area contributed by atoms with Crippen molar-refractivity contribution < 1.29 is 14.7 Å². The van der Waals surface area contributed by atoms with Crippen molar-refractivity contribution in [2.24, 2.45) is 5.41 Å². The molecule has 6 heteroatoms. The van der Waals surface area contributed by atoms with Gasteiger partial charge in [0.2, 0.25) is 5.91 Å². The first-order valence-corrected chi connectivity index (χ1v) is 7.66. The van der Waals surface area contributed by atoms with Crippen LogP contribution in [0.1, 0.15) is 32.3 Å². The van der Waals surface area contributed by atoms with E-state index in [1.54, 1.807) is 13.8 Å². The van der Waals surface area contributed by atoms with Crippen LogP contribution in [0.4, 0.5) is 5.69 Å². The van der Waals surface area contributed by atoms with Crippen LogP contribution in [0, 0.1) is 12.3 Å². The zero-order valence-corrected chi connectivity index (χ0v) is 14.8. The average Bonchev–Trinajstić information content (AvgIpc) is 2.20. The van der Waals surface area contributed by atoms with Gasteiger partial charge in [-0.1, -0.05) is 13.8 Å². The standard InChI is InChI=1S/C14H17Br2NO3/c1-8-4-9(15)13(10(16)5-8)17-11(18)6-14(2,3)7-12(19)20/h4-5H,6-7H2,1-3H3,(H,17,18)(H,19,20). The minimum atomic E-state index is -0.902. The highest BCUT2D eigenvalue weighted by Gasteiger charge is 2.25. The number of aryl methyl sites for hydroxylation is 1. The molecule has 0 atom stereocenters. The summed E-state index contributed by atoms with van der Waals surface area (Å²) in [6.45, 7) is 5.48. The zero-order valence-electron chi connectivity index (χ0n) is 11.6. The van der Waals surface area contributed by atoms with E-state index in [1.165, 1.54) is 0 Å². The van der Waals surface area contributed by atoms with Crippen LogP contribution in [0.25, 0.3) is 0 Å². The smallest absolute Gasteiger partial charge is 0.303 e. The normalized spacial score (nSPS) is 11.2. The molecule has 1 rings (SSSR count). The Bertz CT molecular complexity index is 518. The fourth-order valence-corrected chi connectivity index (χ4v) is 3.52. The summed E-state index contributed by atoms with van der Waals surface area (Å²) in [5, 5.41) is 11.6. The van der Waals surface area contributed by atoms with Gasteiger partial charge in [-0.3, -0.25) is 9.59 Å². The maximum atomic E-state index is 12.1. The molecular weight excluding hydrogens is 390 g/mol. The van der Waals surface area contributed by atoms with Crippen LogP contribution < -0.4 is 5.32 Å². The summed E-state index contributed by atoms with van der Waals surface area (Å²) in [4.78, 5) is 22.8. The van der Waals surface area contributed by atoms with Gasteiger partial charge in [0.05, 0.1) is 12.1 Å². The molecule has 0 fully saturated rings. The molecule has 0 heterocycles. The Morgan fingerprint density at radius 3 is 2.15 bits per heavy atom. The third-order valence-electron chi connectivity index (χ3n) is 2.72. The molecule has 0 unspecified atom stereocenters. The number of aliphatic carboxylic acids is 1. The molecule has 110 valence electrons. The van der Waals surface area contributed by atoms with Gasteiger partial charge in [0.1, 0.15) is 0 Å². The monoisotopic (exact) mass is 405 g/mol. The fraction of sp³-hybridized carbons (Fsp3) is 0.429. The molecule has 0 aliphatic carbocycles. The summed E-state index contributed by atoms with van der Waals surface area (Å²) in [5.41, 5.74) is 1.14. The number of amides is 1. The van der Waals surface area contributed by atoms with Gasteiger partial charge in [-0.15, -0.1) is 0 Å². The van der Waals surface area contributed by atoms with Gasteiger partial charge >= 0.3 is 5.97 Å². The molecule has 0 aliphatic rings. The van der Waals surface area contributed by atoms with Crippen molar-refractivity contribution in [3.63, 3.8) is 0 Å². The molecular formula is C14H17Br2NO3. The van der Waals surface area contributed by atoms with Crippen LogP contribution in [0.15, 0.2) is 21.1 Å². The highest BCUT2D eigenvalue weighted by molar-refractivity contribution is 9.11. The largest absolute Gasteiger partial charge is 0.481 e. The predicted molar refractivity (Wildman–Crippen MR) is 85.9 cm³/mol. The molecule has 1 aromatic rings. The summed E-state index contributed by atoms with van der Waals surface area (Å²) in [5.74, 6) is -1.11. The molecule has 1 aromatic carbocycles. The number of carbonyl (C=O) groups is 2. The Hall–Kier alpha value is -0.880. The topological polar surface area (TPSA) is 66.4 Å². The third-order valence-corrected chi connectivity index (χ3v) is 3.97. The van der Waals surface area contributed by atoms with E-state index in [1.807, 2.05) is 19.1 Å². The van der Waals surface area contributed by atoms with Crippen LogP contribution in [-0.2, 0) is 9.59 Å². The lowest BCUT2D eigenvalue weighted by molar-refractivity contribution is -0.139. The Kier molecular flexibility index (Phi) is 5.77. The minimum absolute atomic E-state index is 0.0450. The number of benzene rings is 1. The average molecular weight is 407 g/mol. The second kappa shape index (κ2) is 6.72. The van der Waals surface area contributed by atoms with Crippen molar-refractivity contribution >= 4 is 49.4 Å². The highest BCUT2D eigenvalue weighted by Crippen LogP contribution is 2.33. The van der Waals surface area contributed by atoms with Crippen LogP contribution in [0.5, 0.6) is 0 Å². The van der Waals surface area contributed by atoms with Gasteiger partial charge in [0.15, 0.2) is 0 Å². The third kappa shape index (κ3) is 5.25. The first-order chi connectivity index (χ1) is 9.10. The summed E-state index contributed by atoms with van der Waals surface area (Å²) in [6.07, 6.45) is 0.0999. The lowest BCUT2D eigenvalue weighted by Crippen LogP contribution is -2.25. The number of rotatable bonds is 5. The van der Waals surface area contributed by atoms with Crippen LogP contribution >= 0.6 is 31.9 Å². The first-order valence-electron chi connectivity index (χ1n) is 6.08. The van der Waals surface area contributed by atoms with Crippen molar-refractivity contribution in [3.05, 3.63) is 26.6 Å². The van der Waals surface area contributed by atoms with Crippen LogP contribution in [0.3, 0.4) is 0 Å². The fourth-order valence-electron chi connectivity index (χ4n) is 1.91. The van der Waals surface area contributed by atoms with Crippen molar-refractivity contribution in [2.45, 2.75) is 33.6 Å². The molecule has 0 saturated heterocycles. The van der Waals surface area contributed by atoms with Gasteiger partial charge in [0.25, 0.3) is 0 Å². The quantitative estimate of drug-likeness (QED) is 0.763. The summed E-state index contributed by atoms with van der Waals surface area (Å²) < 4.78 is 1.57. The number of anilines is 1. The predicted octanol–water partition coefficient (Wildman–Crippen LogP) is 4.35. The van der Waals surface area contributed by atoms with E-state index in [4.69, 9.17) is 5.11 Å². The van der Waals surface area contributed by atoms with E-state index in [9.17, 15) is 9.59 Å². The maximum Gasteiger partial charge on any atom is 0.303 e. The van der Waals surface area contributed by atoms with Crippen molar-refractivity contribution in [3.8, 4) is 0 Å². The molecule has 1 amide bonds. The number of carboxylic acids is 1. The number of hydrogen-bond donors (Lipinski definition) is 2. The molecule has 2 N–H and O–H groups in total. The second-order valence-corrected chi connectivity index (χ2v) is 7.27. The molecule has 0 spiro atoms. The van der Waals surface area contributed by atoms with Gasteiger partial charge in [-0.05, 0) is 61.9 Å². The first kappa shape index (κ1) is 17.2. The van der Waals surface area contributed by atoms with Gasteiger partial charge in [0, 0.05) is 15.4 Å². The highest BCUT2D eigenvalue weighted by atomic mass is 79.9. The molecule has 0 aliphatic heterocycles. The minimum Gasteiger partial charge on any atom is -0.481 e. The Labute approximate surface area is 135 Å². The van der Waals surface area contributed by atoms with E-state index < -0.39 is 11.4 Å². The van der Waals surface area contributed by atoms with Gasteiger partial charge in [-0.2, -0.15) is 0 Å². The lowest BCUT2D eigenvalue weighted by Gasteiger charge is -2.22. The second-order valence-electron chi connectivity index (χ2n) is 5.56. The molecule has 0 aromatic heterocycles. The SMILES string of the molecule is Cc1cc(Br)c(NC(=O)CC(C)(C)CC(=O)O)c(Br)c1. The summed E-state index contributed by atoms with van der Waals surface area (Å²) >= 11 is 6.82. The number of nitrogens with one attached hydrogen (secondary N) is 1. The number of hydrogen-bond acceptors (Lipinski definition) is 2. The van der Waals surface area contributed by atoms with Crippen LogP contribution in [0.2, 0.25) is 0 Å². The maximum absolute atomic E-state index is 12.1. The lowest BCUT2D eigenvalue weighted by atomic mass is 9.85. The van der Waals surface area contributed by atoms with Crippen molar-refractivity contribution in [1.82, 2.24) is 0 Å². The van der Waals surface area contributed by atoms with E-state index in [0.29, 0.717) is 5.69 Å². The van der Waals surface area contributed by atoms with E-state index in [-0.39, 0.29) is 18.7 Å². The summed E-state index contributed by atoms with van der Waals surface area (Å²) in [7, 11) is 0. The zero-order chi connectivity index (χ0) is 15.5. The van der Waals surface area contributed by atoms with Gasteiger partial charge < -0.3 is 10.4 Å². The number of carbonyl (C=O) groups excluding carboxylic acids is 1. The molecule has 4 nitrogen and oxygen atoms in total. The van der Waals surface area contributed by atoms with E-state index in [2.05, 4.69) is 37.2 Å². The Balaban J connectivity index is 2.79. The van der Waals surface area contributed by atoms with Crippen LogP contribution in [-0.4, -0.2) is 17.0 Å². The Morgan fingerprint density at radius 1 is 1.20 bits per heavy atom.